The number of hydrogen-bond donors (Lipinski definition) is 1. The van der Waals surface area contributed by atoms with Crippen molar-refractivity contribution in [1.82, 2.24) is 30.2 Å². The van der Waals surface area contributed by atoms with E-state index in [0.717, 1.165) is 34.1 Å². The first-order valence-corrected chi connectivity index (χ1v) is 15.3. The molecule has 35 heavy (non-hydrogen) atoms. The number of nitrogens with one attached hydrogen (secondary N) is 1. The number of aromatic nitrogens is 6. The Morgan fingerprint density at radius 2 is 1.57 bits per heavy atom. The minimum Gasteiger partial charge on any atom is -0.461 e. The lowest BCUT2D eigenvalue weighted by Crippen LogP contribution is -2.22. The first-order valence-electron chi connectivity index (χ1n) is 11.6. The van der Waals surface area contributed by atoms with Gasteiger partial charge in [0.1, 0.15) is 12.0 Å². The van der Waals surface area contributed by atoms with E-state index >= 15 is 0 Å². The van der Waals surface area contributed by atoms with Gasteiger partial charge in [0.05, 0.1) is 6.61 Å². The van der Waals surface area contributed by atoms with Crippen molar-refractivity contribution in [1.29, 1.82) is 0 Å². The molecule has 10 heteroatoms. The van der Waals surface area contributed by atoms with E-state index in [9.17, 15) is 4.79 Å². The largest absolute Gasteiger partial charge is 0.461 e. The van der Waals surface area contributed by atoms with Gasteiger partial charge in [0.25, 0.3) is 0 Å². The van der Waals surface area contributed by atoms with Crippen LogP contribution in [0, 0.1) is 0 Å². The van der Waals surface area contributed by atoms with Crippen molar-refractivity contribution < 1.29 is 14.3 Å². The monoisotopic (exact) mass is 490 g/mol. The summed E-state index contributed by atoms with van der Waals surface area (Å²) in [6.07, 6.45) is 1.49. The van der Waals surface area contributed by atoms with Gasteiger partial charge in [-0.15, -0.1) is 5.10 Å². The van der Waals surface area contributed by atoms with E-state index in [1.165, 1.54) is 11.1 Å². The van der Waals surface area contributed by atoms with Crippen LogP contribution < -0.4 is 0 Å². The molecule has 0 bridgehead atoms. The van der Waals surface area contributed by atoms with Gasteiger partial charge in [-0.05, 0) is 24.1 Å². The standard InChI is InChI=1S/C25H30N6O3Si/c1-5-34-25(32)23-22(29-31(30-23)17-33-14-15-35(2,3)4)20-10-6-18(7-11-20)19-8-12-21(13-9-19)24-26-16-27-28-24/h6-13,16H,5,14-15,17H2,1-4H3,(H,26,27,28). The van der Waals surface area contributed by atoms with Crippen LogP contribution in [0.1, 0.15) is 17.4 Å². The van der Waals surface area contributed by atoms with E-state index in [1.54, 1.807) is 6.92 Å². The molecule has 182 valence electrons. The van der Waals surface area contributed by atoms with E-state index in [2.05, 4.69) is 45.0 Å². The van der Waals surface area contributed by atoms with Crippen LogP contribution in [0.2, 0.25) is 25.7 Å². The van der Waals surface area contributed by atoms with E-state index in [4.69, 9.17) is 9.47 Å². The lowest BCUT2D eigenvalue weighted by Gasteiger charge is -2.14. The molecule has 4 rings (SSSR count). The highest BCUT2D eigenvalue weighted by Gasteiger charge is 2.21. The quantitative estimate of drug-likeness (QED) is 0.192. The molecule has 4 aromatic rings. The molecule has 1 N–H and O–H groups in total. The zero-order valence-corrected chi connectivity index (χ0v) is 21.5. The van der Waals surface area contributed by atoms with Crippen molar-refractivity contribution in [3.63, 3.8) is 0 Å². The van der Waals surface area contributed by atoms with E-state index in [1.807, 2.05) is 48.5 Å². The average Bonchev–Trinajstić information content (AvgIpc) is 3.52. The van der Waals surface area contributed by atoms with Crippen LogP contribution in [0.25, 0.3) is 33.8 Å². The van der Waals surface area contributed by atoms with Crippen molar-refractivity contribution in [3.8, 4) is 33.8 Å². The van der Waals surface area contributed by atoms with Crippen molar-refractivity contribution in [2.24, 2.45) is 0 Å². The molecule has 2 aromatic heterocycles. The van der Waals surface area contributed by atoms with Crippen molar-refractivity contribution >= 4 is 14.0 Å². The summed E-state index contributed by atoms with van der Waals surface area (Å²) in [5.41, 5.74) is 4.51. The summed E-state index contributed by atoms with van der Waals surface area (Å²) in [7, 11) is -1.19. The minimum absolute atomic E-state index is 0.185. The topological polar surface area (TPSA) is 108 Å². The third kappa shape index (κ3) is 6.28. The minimum atomic E-state index is -1.19. The molecule has 0 amide bonds. The van der Waals surface area contributed by atoms with Gasteiger partial charge in [-0.25, -0.2) is 9.78 Å². The van der Waals surface area contributed by atoms with E-state index in [-0.39, 0.29) is 19.0 Å². The van der Waals surface area contributed by atoms with Crippen LogP contribution in [0.5, 0.6) is 0 Å². The van der Waals surface area contributed by atoms with Crippen LogP contribution in [-0.2, 0) is 16.2 Å². The molecule has 0 aliphatic heterocycles. The number of aromatic amines is 1. The van der Waals surface area contributed by atoms with Gasteiger partial charge < -0.3 is 9.47 Å². The molecule has 0 radical (unpaired) electrons. The Morgan fingerprint density at radius 1 is 0.943 bits per heavy atom. The summed E-state index contributed by atoms with van der Waals surface area (Å²) in [4.78, 5) is 18.1. The Bertz CT molecular complexity index is 1250. The molecule has 0 saturated carbocycles. The lowest BCUT2D eigenvalue weighted by molar-refractivity contribution is 0.0507. The van der Waals surface area contributed by atoms with Gasteiger partial charge in [-0.3, -0.25) is 5.10 Å². The maximum atomic E-state index is 12.5. The maximum Gasteiger partial charge on any atom is 0.361 e. The number of carbonyl (C=O) groups excluding carboxylic acids is 1. The van der Waals surface area contributed by atoms with Crippen LogP contribution >= 0.6 is 0 Å². The molecule has 2 heterocycles. The van der Waals surface area contributed by atoms with Gasteiger partial charge >= 0.3 is 5.97 Å². The van der Waals surface area contributed by atoms with Crippen LogP contribution in [0.3, 0.4) is 0 Å². The Kier molecular flexibility index (Phi) is 7.52. The molecule has 0 unspecified atom stereocenters. The molecule has 0 aliphatic carbocycles. The molecule has 0 fully saturated rings. The highest BCUT2D eigenvalue weighted by Crippen LogP contribution is 2.27. The van der Waals surface area contributed by atoms with Gasteiger partial charge in [0.15, 0.2) is 18.2 Å². The number of H-pyrrole nitrogens is 1. The van der Waals surface area contributed by atoms with E-state index in [0.29, 0.717) is 12.3 Å². The van der Waals surface area contributed by atoms with Crippen molar-refractivity contribution in [2.45, 2.75) is 39.3 Å². The third-order valence-electron chi connectivity index (χ3n) is 5.39. The van der Waals surface area contributed by atoms with Gasteiger partial charge in [0, 0.05) is 25.8 Å². The Hall–Kier alpha value is -3.63. The zero-order valence-electron chi connectivity index (χ0n) is 20.5. The predicted molar refractivity (Wildman–Crippen MR) is 136 cm³/mol. The first-order chi connectivity index (χ1) is 16.8. The zero-order chi connectivity index (χ0) is 24.8. The molecule has 2 aromatic carbocycles. The second-order valence-electron chi connectivity index (χ2n) is 9.33. The fraction of sp³-hybridized carbons (Fsp3) is 0.320. The summed E-state index contributed by atoms with van der Waals surface area (Å²) in [6, 6.07) is 17.0. The Labute approximate surface area is 205 Å². The second kappa shape index (κ2) is 10.7. The van der Waals surface area contributed by atoms with Crippen LogP contribution in [0.15, 0.2) is 54.9 Å². The average molecular weight is 491 g/mol. The number of hydrogen-bond acceptors (Lipinski definition) is 7. The normalized spacial score (nSPS) is 11.5. The smallest absolute Gasteiger partial charge is 0.361 e. The van der Waals surface area contributed by atoms with Gasteiger partial charge in [0.2, 0.25) is 0 Å². The third-order valence-corrected chi connectivity index (χ3v) is 7.10. The molecular formula is C25H30N6O3Si. The highest BCUT2D eigenvalue weighted by molar-refractivity contribution is 6.76. The first kappa shape index (κ1) is 24.5. The van der Waals surface area contributed by atoms with E-state index < -0.39 is 14.0 Å². The fourth-order valence-corrected chi connectivity index (χ4v) is 4.20. The SMILES string of the molecule is CCOC(=O)c1nn(COCC[Si](C)(C)C)nc1-c1ccc(-c2ccc(-c3ncn[nH]3)cc2)cc1. The Balaban J connectivity index is 1.52. The predicted octanol–water partition coefficient (Wildman–Crippen LogP) is 4.89. The number of benzene rings is 2. The summed E-state index contributed by atoms with van der Waals surface area (Å²) >= 11 is 0. The maximum absolute atomic E-state index is 12.5. The fourth-order valence-electron chi connectivity index (χ4n) is 3.45. The number of ether oxygens (including phenoxy) is 2. The number of carbonyl (C=O) groups is 1. The number of rotatable bonds is 10. The molecule has 0 saturated heterocycles. The number of esters is 1. The summed E-state index contributed by atoms with van der Waals surface area (Å²) in [5.74, 6) is 0.230. The summed E-state index contributed by atoms with van der Waals surface area (Å²) in [5, 5.41) is 15.6. The van der Waals surface area contributed by atoms with Crippen molar-refractivity contribution in [2.75, 3.05) is 13.2 Å². The molecule has 0 atom stereocenters. The van der Waals surface area contributed by atoms with Crippen LogP contribution in [-0.4, -0.2) is 57.4 Å². The molecule has 9 nitrogen and oxygen atoms in total. The van der Waals surface area contributed by atoms with Crippen LogP contribution in [0.4, 0.5) is 0 Å². The molecule has 0 spiro atoms. The van der Waals surface area contributed by atoms with Gasteiger partial charge in [-0.2, -0.15) is 15.0 Å². The Morgan fingerprint density at radius 3 is 2.14 bits per heavy atom. The summed E-state index contributed by atoms with van der Waals surface area (Å²) in [6.45, 7) is 9.76. The highest BCUT2D eigenvalue weighted by atomic mass is 28.3. The molecular weight excluding hydrogens is 460 g/mol. The van der Waals surface area contributed by atoms with Crippen molar-refractivity contribution in [3.05, 3.63) is 60.6 Å². The molecule has 0 aliphatic rings. The van der Waals surface area contributed by atoms with Gasteiger partial charge in [-0.1, -0.05) is 68.2 Å². The number of nitrogens with zero attached hydrogens (tertiary/aromatic N) is 5. The lowest BCUT2D eigenvalue weighted by atomic mass is 10.0. The second-order valence-corrected chi connectivity index (χ2v) is 14.9. The summed E-state index contributed by atoms with van der Waals surface area (Å²) < 4.78 is 11.0.